The van der Waals surface area contributed by atoms with Gasteiger partial charge in [0.25, 0.3) is 5.91 Å². The lowest BCUT2D eigenvalue weighted by molar-refractivity contribution is -0.120. The van der Waals surface area contributed by atoms with Crippen molar-refractivity contribution in [3.05, 3.63) is 60.3 Å². The highest BCUT2D eigenvalue weighted by atomic mass is 16.2. The number of nitrogens with two attached hydrogens (primary N) is 1. The highest BCUT2D eigenvalue weighted by Crippen LogP contribution is 2.24. The molecule has 7 nitrogen and oxygen atoms in total. The Balaban J connectivity index is 1.89. The van der Waals surface area contributed by atoms with Gasteiger partial charge in [-0.3, -0.25) is 19.6 Å². The van der Waals surface area contributed by atoms with Gasteiger partial charge in [-0.15, -0.1) is 0 Å². The van der Waals surface area contributed by atoms with Crippen LogP contribution < -0.4 is 11.1 Å². The molecule has 2 aliphatic heterocycles. The van der Waals surface area contributed by atoms with Crippen molar-refractivity contribution in [2.24, 2.45) is 11.7 Å². The Hall–Kier alpha value is -3.22. The molecule has 0 aromatic carbocycles. The zero-order chi connectivity index (χ0) is 19.4. The van der Waals surface area contributed by atoms with Crippen molar-refractivity contribution in [2.75, 3.05) is 0 Å². The second kappa shape index (κ2) is 7.99. The van der Waals surface area contributed by atoms with E-state index < -0.39 is 11.9 Å². The largest absolute Gasteiger partial charge is 0.368 e. The summed E-state index contributed by atoms with van der Waals surface area (Å²) in [5.41, 5.74) is 8.51. The Bertz CT molecular complexity index is 904. The van der Waals surface area contributed by atoms with E-state index in [0.29, 0.717) is 18.5 Å². The minimum atomic E-state index is -0.699. The lowest BCUT2D eigenvalue weighted by atomic mass is 10.0. The first-order chi connectivity index (χ1) is 12.9. The lowest BCUT2D eigenvalue weighted by Crippen LogP contribution is -2.45. The maximum absolute atomic E-state index is 12.7. The molecule has 7 heteroatoms. The van der Waals surface area contributed by atoms with E-state index in [2.05, 4.69) is 15.3 Å². The van der Waals surface area contributed by atoms with Gasteiger partial charge in [-0.1, -0.05) is 19.9 Å². The first kappa shape index (κ1) is 18.6. The van der Waals surface area contributed by atoms with Crippen LogP contribution in [0.1, 0.15) is 36.3 Å². The molecule has 1 aromatic rings. The predicted octanol–water partition coefficient (Wildman–Crippen LogP) is 2.06. The summed E-state index contributed by atoms with van der Waals surface area (Å²) < 4.78 is 1.93. The van der Waals surface area contributed by atoms with Gasteiger partial charge in [0.15, 0.2) is 0 Å². The number of hydrogen-bond donors (Lipinski definition) is 2. The lowest BCUT2D eigenvalue weighted by Gasteiger charge is -2.19. The monoisotopic (exact) mass is 365 g/mol. The zero-order valence-electron chi connectivity index (χ0n) is 15.4. The number of nitrogens with zero attached hydrogens (tertiary/aromatic N) is 3. The van der Waals surface area contributed by atoms with Crippen molar-refractivity contribution in [3.63, 3.8) is 0 Å². The number of rotatable bonds is 7. The summed E-state index contributed by atoms with van der Waals surface area (Å²) in [5.74, 6) is -0.634. The number of carbonyl (C=O) groups excluding carboxylic acids is 2. The van der Waals surface area contributed by atoms with Crippen LogP contribution in [-0.4, -0.2) is 32.4 Å². The summed E-state index contributed by atoms with van der Waals surface area (Å²) in [6.07, 6.45) is 7.44. The molecular weight excluding hydrogens is 342 g/mol. The van der Waals surface area contributed by atoms with E-state index in [0.717, 1.165) is 17.0 Å². The van der Waals surface area contributed by atoms with E-state index in [-0.39, 0.29) is 11.8 Å². The predicted molar refractivity (Wildman–Crippen MR) is 102 cm³/mol. The van der Waals surface area contributed by atoms with Crippen LogP contribution >= 0.6 is 0 Å². The van der Waals surface area contributed by atoms with Crippen LogP contribution in [0.5, 0.6) is 0 Å². The van der Waals surface area contributed by atoms with Crippen molar-refractivity contribution in [3.8, 4) is 11.3 Å². The van der Waals surface area contributed by atoms with E-state index in [4.69, 9.17) is 5.73 Å². The molecule has 3 heterocycles. The molecule has 0 bridgehead atoms. The van der Waals surface area contributed by atoms with E-state index in [1.807, 2.05) is 36.6 Å². The van der Waals surface area contributed by atoms with Crippen molar-refractivity contribution >= 4 is 11.8 Å². The number of hydrogen-bond acceptors (Lipinski definition) is 4. The third-order valence-electron chi connectivity index (χ3n) is 4.30. The molecule has 0 spiro atoms. The van der Waals surface area contributed by atoms with Crippen molar-refractivity contribution < 1.29 is 9.59 Å². The molecule has 0 fully saturated rings. The van der Waals surface area contributed by atoms with Gasteiger partial charge in [-0.2, -0.15) is 0 Å². The first-order valence-corrected chi connectivity index (χ1v) is 8.88. The second-order valence-electron chi connectivity index (χ2n) is 6.98. The van der Waals surface area contributed by atoms with Gasteiger partial charge in [0.1, 0.15) is 6.04 Å². The van der Waals surface area contributed by atoms with Crippen LogP contribution in [0.25, 0.3) is 11.3 Å². The summed E-state index contributed by atoms with van der Waals surface area (Å²) in [5, 5.41) is 2.75. The van der Waals surface area contributed by atoms with Gasteiger partial charge in [-0.25, -0.2) is 0 Å². The number of primary amides is 1. The number of pyridine rings is 2. The summed E-state index contributed by atoms with van der Waals surface area (Å²) in [4.78, 5) is 32.9. The van der Waals surface area contributed by atoms with Crippen LogP contribution in [0.4, 0.5) is 0 Å². The topological polar surface area (TPSA) is 103 Å². The third kappa shape index (κ3) is 4.49. The van der Waals surface area contributed by atoms with Gasteiger partial charge in [0.2, 0.25) is 5.91 Å². The van der Waals surface area contributed by atoms with Crippen LogP contribution in [0, 0.1) is 5.92 Å². The smallest absolute Gasteiger partial charge is 0.253 e. The van der Waals surface area contributed by atoms with E-state index in [1.165, 1.54) is 0 Å². The Morgan fingerprint density at radius 3 is 2.74 bits per heavy atom. The molecule has 3 rings (SSSR count). The normalized spacial score (nSPS) is 12.3. The first-order valence-electron chi connectivity index (χ1n) is 8.88. The summed E-state index contributed by atoms with van der Waals surface area (Å²) in [7, 11) is 0. The SMILES string of the molecule is CC(C)C[C@H](NC(=O)c1cc2cncc-2n(Cc2ccccn2)c1)C(N)=O. The molecule has 2 amide bonds. The van der Waals surface area contributed by atoms with E-state index >= 15 is 0 Å². The Labute approximate surface area is 158 Å². The third-order valence-corrected chi connectivity index (χ3v) is 4.30. The fraction of sp³-hybridized carbons (Fsp3) is 0.300. The van der Waals surface area contributed by atoms with Crippen molar-refractivity contribution in [2.45, 2.75) is 32.9 Å². The minimum Gasteiger partial charge on any atom is -0.368 e. The van der Waals surface area contributed by atoms with Gasteiger partial charge in [-0.05, 0) is 30.5 Å². The van der Waals surface area contributed by atoms with Crippen molar-refractivity contribution in [1.29, 1.82) is 0 Å². The quantitative estimate of drug-likeness (QED) is 0.669. The Morgan fingerprint density at radius 1 is 1.26 bits per heavy atom. The maximum Gasteiger partial charge on any atom is 0.253 e. The van der Waals surface area contributed by atoms with Crippen LogP contribution in [-0.2, 0) is 11.3 Å². The molecule has 2 aliphatic rings. The zero-order valence-corrected chi connectivity index (χ0v) is 15.4. The summed E-state index contributed by atoms with van der Waals surface area (Å²) >= 11 is 0. The minimum absolute atomic E-state index is 0.235. The molecule has 1 aromatic heterocycles. The average molecular weight is 365 g/mol. The molecule has 0 saturated heterocycles. The number of aromatic nitrogens is 3. The fourth-order valence-corrected chi connectivity index (χ4v) is 3.00. The number of amides is 2. The fourth-order valence-electron chi connectivity index (χ4n) is 3.00. The Morgan fingerprint density at radius 2 is 2.07 bits per heavy atom. The standard InChI is InChI=1S/C20H23N5O2/c1-13(2)7-17(19(21)26)24-20(27)15-8-14-9-22-10-18(14)25(11-15)12-16-5-3-4-6-23-16/h3-6,8-11,13,17H,7,12H2,1-2H3,(H2,21,26)(H,24,27)/t17-/m0/s1. The molecule has 3 N–H and O–H groups in total. The molecule has 0 saturated carbocycles. The molecule has 0 radical (unpaired) electrons. The van der Waals surface area contributed by atoms with Gasteiger partial charge in [0.05, 0.1) is 29.7 Å². The van der Waals surface area contributed by atoms with Crippen LogP contribution in [0.15, 0.2) is 49.1 Å². The second-order valence-corrected chi connectivity index (χ2v) is 6.98. The van der Waals surface area contributed by atoms with Crippen molar-refractivity contribution in [1.82, 2.24) is 19.9 Å². The van der Waals surface area contributed by atoms with E-state index in [1.54, 1.807) is 30.9 Å². The Kier molecular flexibility index (Phi) is 5.49. The van der Waals surface area contributed by atoms with Gasteiger partial charge < -0.3 is 15.6 Å². The highest BCUT2D eigenvalue weighted by Gasteiger charge is 2.22. The molecule has 0 unspecified atom stereocenters. The number of carbonyl (C=O) groups is 2. The van der Waals surface area contributed by atoms with Crippen LogP contribution in [0.2, 0.25) is 0 Å². The summed E-state index contributed by atoms with van der Waals surface area (Å²) in [6.45, 7) is 4.46. The maximum atomic E-state index is 12.7. The average Bonchev–Trinajstić information content (AvgIpc) is 3.10. The van der Waals surface area contributed by atoms with Gasteiger partial charge >= 0.3 is 0 Å². The molecule has 27 heavy (non-hydrogen) atoms. The highest BCUT2D eigenvalue weighted by molar-refractivity contribution is 5.98. The number of fused-ring (bicyclic) bond motifs is 1. The molecule has 140 valence electrons. The number of nitrogens with one attached hydrogen (secondary N) is 1. The molecule has 1 atom stereocenters. The van der Waals surface area contributed by atoms with E-state index in [9.17, 15) is 9.59 Å². The molecule has 0 aliphatic carbocycles. The van der Waals surface area contributed by atoms with Crippen LogP contribution in [0.3, 0.4) is 0 Å². The molecular formula is C20H23N5O2. The summed E-state index contributed by atoms with van der Waals surface area (Å²) in [6, 6.07) is 6.77. The van der Waals surface area contributed by atoms with Gasteiger partial charge in [0, 0.05) is 24.2 Å².